The van der Waals surface area contributed by atoms with Gasteiger partial charge in [-0.25, -0.2) is 0 Å². The first-order valence-corrected chi connectivity index (χ1v) is 5.99. The summed E-state index contributed by atoms with van der Waals surface area (Å²) in [5.41, 5.74) is 12.4. The van der Waals surface area contributed by atoms with Crippen molar-refractivity contribution in [2.24, 2.45) is 0 Å². The predicted molar refractivity (Wildman–Crippen MR) is 61.2 cm³/mol. The Hall–Kier alpha value is -1.27. The number of ether oxygens (including phenoxy) is 2. The van der Waals surface area contributed by atoms with E-state index in [4.69, 9.17) is 25.5 Å². The number of hydrogen-bond acceptors (Lipinski definition) is 6. The van der Waals surface area contributed by atoms with Gasteiger partial charge in [0.05, 0.1) is 18.8 Å². The maximum atomic E-state index is 5.77. The van der Waals surface area contributed by atoms with Gasteiger partial charge in [0.1, 0.15) is 0 Å². The van der Waals surface area contributed by atoms with Gasteiger partial charge in [0.25, 0.3) is 0 Å². The van der Waals surface area contributed by atoms with Crippen LogP contribution in [0.1, 0.15) is 37.2 Å². The van der Waals surface area contributed by atoms with Gasteiger partial charge in [-0.05, 0) is 18.8 Å². The number of hydrogen-bond donors (Lipinski definition) is 2. The van der Waals surface area contributed by atoms with Crippen LogP contribution in [0.2, 0.25) is 0 Å². The minimum Gasteiger partial charge on any atom is -0.381 e. The molecule has 1 aliphatic heterocycles. The fraction of sp³-hybridized carbons (Fsp3) is 0.727. The molecule has 1 aliphatic carbocycles. The third-order valence-corrected chi connectivity index (χ3v) is 3.75. The first-order chi connectivity index (χ1) is 8.20. The number of nitrogen functional groups attached to an aromatic ring is 2. The van der Waals surface area contributed by atoms with Crippen molar-refractivity contribution in [2.45, 2.75) is 37.4 Å². The van der Waals surface area contributed by atoms with Crippen LogP contribution < -0.4 is 11.5 Å². The molecule has 6 nitrogen and oxygen atoms in total. The van der Waals surface area contributed by atoms with Gasteiger partial charge in [-0.1, -0.05) is 5.16 Å². The Morgan fingerprint density at radius 1 is 1.12 bits per heavy atom. The molecule has 4 N–H and O–H groups in total. The number of rotatable bonds is 1. The van der Waals surface area contributed by atoms with Crippen LogP contribution in [-0.2, 0) is 9.47 Å². The summed E-state index contributed by atoms with van der Waals surface area (Å²) in [7, 11) is 0. The smallest absolute Gasteiger partial charge is 0.227 e. The lowest BCUT2D eigenvalue weighted by molar-refractivity contribution is -0.178. The van der Waals surface area contributed by atoms with E-state index in [0.29, 0.717) is 30.8 Å². The summed E-state index contributed by atoms with van der Waals surface area (Å²) in [4.78, 5) is 0. The molecule has 2 fully saturated rings. The monoisotopic (exact) mass is 239 g/mol. The second kappa shape index (κ2) is 3.89. The lowest BCUT2D eigenvalue weighted by Gasteiger charge is -2.35. The first kappa shape index (κ1) is 10.9. The van der Waals surface area contributed by atoms with E-state index in [1.165, 1.54) is 0 Å². The molecule has 0 unspecified atom stereocenters. The van der Waals surface area contributed by atoms with Crippen molar-refractivity contribution in [2.75, 3.05) is 24.7 Å². The van der Waals surface area contributed by atoms with E-state index in [1.807, 2.05) is 0 Å². The molecule has 0 bridgehead atoms. The summed E-state index contributed by atoms with van der Waals surface area (Å²) in [6.45, 7) is 1.39. The number of nitrogens with zero attached hydrogens (tertiary/aromatic N) is 1. The Kier molecular flexibility index (Phi) is 2.48. The summed E-state index contributed by atoms with van der Waals surface area (Å²) < 4.78 is 16.3. The van der Waals surface area contributed by atoms with Crippen LogP contribution in [0.15, 0.2) is 4.52 Å². The van der Waals surface area contributed by atoms with Crippen LogP contribution in [0.25, 0.3) is 0 Å². The maximum Gasteiger partial charge on any atom is 0.227 e. The summed E-state index contributed by atoms with van der Waals surface area (Å²) in [6.07, 6.45) is 3.63. The second-order valence-electron chi connectivity index (χ2n) is 4.73. The largest absolute Gasteiger partial charge is 0.381 e. The van der Waals surface area contributed by atoms with Gasteiger partial charge in [-0.15, -0.1) is 0 Å². The van der Waals surface area contributed by atoms with Crippen molar-refractivity contribution in [3.05, 3.63) is 5.56 Å². The molecule has 2 aliphatic rings. The predicted octanol–water partition coefficient (Wildman–Crippen LogP) is 1.24. The molecule has 1 spiro atoms. The summed E-state index contributed by atoms with van der Waals surface area (Å²) in [5, 5.41) is 3.70. The minimum absolute atomic E-state index is 0.305. The van der Waals surface area contributed by atoms with Gasteiger partial charge >= 0.3 is 0 Å². The standard InChI is InChI=1S/C11H17N3O3/c12-9-8(10(13)17-14-9)7-1-3-11(4-2-7)15-5-6-16-11/h7H,1-6,13H2,(H2,12,14). The number of aromatic nitrogens is 1. The third-order valence-electron chi connectivity index (χ3n) is 3.75. The van der Waals surface area contributed by atoms with Gasteiger partial charge in [-0.2, -0.15) is 0 Å². The third kappa shape index (κ3) is 1.77. The number of anilines is 2. The van der Waals surface area contributed by atoms with Gasteiger partial charge < -0.3 is 25.5 Å². The Bertz CT molecular complexity index is 383. The SMILES string of the molecule is Nc1noc(N)c1C1CCC2(CC1)OCCO2. The Balaban J connectivity index is 1.73. The van der Waals surface area contributed by atoms with Crippen molar-refractivity contribution >= 4 is 11.7 Å². The highest BCUT2D eigenvalue weighted by molar-refractivity contribution is 5.53. The topological polar surface area (TPSA) is 96.5 Å². The molecular weight excluding hydrogens is 222 g/mol. The van der Waals surface area contributed by atoms with E-state index < -0.39 is 0 Å². The highest BCUT2D eigenvalue weighted by Crippen LogP contribution is 2.44. The molecule has 0 radical (unpaired) electrons. The van der Waals surface area contributed by atoms with E-state index in [-0.39, 0.29) is 5.79 Å². The highest BCUT2D eigenvalue weighted by atomic mass is 16.7. The molecule has 0 atom stereocenters. The van der Waals surface area contributed by atoms with Crippen LogP contribution in [0.3, 0.4) is 0 Å². The molecule has 6 heteroatoms. The molecular formula is C11H17N3O3. The maximum absolute atomic E-state index is 5.77. The quantitative estimate of drug-likeness (QED) is 0.765. The molecule has 17 heavy (non-hydrogen) atoms. The van der Waals surface area contributed by atoms with Crippen LogP contribution >= 0.6 is 0 Å². The Morgan fingerprint density at radius 3 is 2.29 bits per heavy atom. The molecule has 0 aromatic carbocycles. The van der Waals surface area contributed by atoms with E-state index in [0.717, 1.165) is 31.2 Å². The van der Waals surface area contributed by atoms with Crippen LogP contribution in [0.4, 0.5) is 11.7 Å². The average molecular weight is 239 g/mol. The average Bonchev–Trinajstić information content (AvgIpc) is 2.90. The van der Waals surface area contributed by atoms with Crippen molar-refractivity contribution < 1.29 is 14.0 Å². The van der Waals surface area contributed by atoms with Crippen molar-refractivity contribution in [1.82, 2.24) is 5.16 Å². The van der Waals surface area contributed by atoms with Gasteiger partial charge in [-0.3, -0.25) is 0 Å². The van der Waals surface area contributed by atoms with E-state index in [9.17, 15) is 0 Å². The lowest BCUT2D eigenvalue weighted by atomic mass is 9.81. The van der Waals surface area contributed by atoms with Crippen LogP contribution in [-0.4, -0.2) is 24.2 Å². The van der Waals surface area contributed by atoms with Gasteiger partial charge in [0, 0.05) is 12.8 Å². The van der Waals surface area contributed by atoms with Gasteiger partial charge in [0.15, 0.2) is 11.6 Å². The Labute approximate surface area is 99.2 Å². The lowest BCUT2D eigenvalue weighted by Crippen LogP contribution is -2.34. The van der Waals surface area contributed by atoms with Crippen molar-refractivity contribution in [3.63, 3.8) is 0 Å². The summed E-state index contributed by atoms with van der Waals surface area (Å²) in [6, 6.07) is 0. The molecule has 3 rings (SSSR count). The molecule has 0 amide bonds. The Morgan fingerprint density at radius 2 is 1.76 bits per heavy atom. The van der Waals surface area contributed by atoms with Crippen molar-refractivity contribution in [3.8, 4) is 0 Å². The number of nitrogens with two attached hydrogens (primary N) is 2. The second-order valence-corrected chi connectivity index (χ2v) is 4.73. The fourth-order valence-corrected chi connectivity index (χ4v) is 2.87. The van der Waals surface area contributed by atoms with Gasteiger partial charge in [0.2, 0.25) is 5.88 Å². The molecule has 94 valence electrons. The van der Waals surface area contributed by atoms with Crippen LogP contribution in [0, 0.1) is 0 Å². The van der Waals surface area contributed by atoms with Crippen molar-refractivity contribution in [1.29, 1.82) is 0 Å². The molecule has 2 heterocycles. The zero-order chi connectivity index (χ0) is 11.9. The van der Waals surface area contributed by atoms with E-state index in [1.54, 1.807) is 0 Å². The normalized spacial score (nSPS) is 24.5. The minimum atomic E-state index is -0.350. The van der Waals surface area contributed by atoms with E-state index in [2.05, 4.69) is 5.16 Å². The molecule has 1 saturated heterocycles. The molecule has 1 aromatic rings. The molecule has 1 saturated carbocycles. The zero-order valence-electron chi connectivity index (χ0n) is 9.65. The highest BCUT2D eigenvalue weighted by Gasteiger charge is 2.41. The first-order valence-electron chi connectivity index (χ1n) is 5.99. The fourth-order valence-electron chi connectivity index (χ4n) is 2.87. The van der Waals surface area contributed by atoms with Crippen LogP contribution in [0.5, 0.6) is 0 Å². The van der Waals surface area contributed by atoms with E-state index >= 15 is 0 Å². The summed E-state index contributed by atoms with van der Waals surface area (Å²) in [5.74, 6) is 0.713. The summed E-state index contributed by atoms with van der Waals surface area (Å²) >= 11 is 0. The zero-order valence-corrected chi connectivity index (χ0v) is 9.65. The molecule has 1 aromatic heterocycles.